The van der Waals surface area contributed by atoms with Crippen LogP contribution in [0.25, 0.3) is 16.9 Å². The van der Waals surface area contributed by atoms with E-state index >= 15 is 0 Å². The lowest BCUT2D eigenvalue weighted by molar-refractivity contribution is 0.0511. The van der Waals surface area contributed by atoms with Gasteiger partial charge in [0, 0.05) is 12.7 Å². The second kappa shape index (κ2) is 8.09. The second-order valence-corrected chi connectivity index (χ2v) is 6.08. The molecule has 0 fully saturated rings. The zero-order valence-electron chi connectivity index (χ0n) is 14.4. The lowest BCUT2D eigenvalue weighted by Crippen LogP contribution is -2.00. The monoisotopic (exact) mass is 356 g/mol. The molecule has 0 spiro atoms. The van der Waals surface area contributed by atoms with E-state index in [1.807, 2.05) is 59.5 Å². The maximum atomic E-state index is 5.45. The van der Waals surface area contributed by atoms with E-state index in [2.05, 4.69) is 6.07 Å². The maximum absolute atomic E-state index is 5.45. The summed E-state index contributed by atoms with van der Waals surface area (Å²) in [5, 5.41) is 5.65. The summed E-state index contributed by atoms with van der Waals surface area (Å²) in [5.74, 6) is 1.59. The van der Waals surface area contributed by atoms with Crippen molar-refractivity contribution in [3.63, 3.8) is 0 Å². The number of benzene rings is 2. The van der Waals surface area contributed by atoms with Crippen LogP contribution in [0.15, 0.2) is 59.6 Å². The Morgan fingerprint density at radius 3 is 2.24 bits per heavy atom. The van der Waals surface area contributed by atoms with E-state index in [1.165, 1.54) is 0 Å². The lowest BCUT2D eigenvalue weighted by atomic mass is 10.1. The van der Waals surface area contributed by atoms with Gasteiger partial charge in [-0.2, -0.15) is 5.10 Å². The van der Waals surface area contributed by atoms with Gasteiger partial charge in [0.15, 0.2) is 6.79 Å². The average Bonchev–Trinajstić information content (AvgIpc) is 3.11. The molecule has 2 aromatic carbocycles. The van der Waals surface area contributed by atoms with Crippen LogP contribution < -0.4 is 9.47 Å². The lowest BCUT2D eigenvalue weighted by Gasteiger charge is -2.09. The Kier molecular flexibility index (Phi) is 5.63. The van der Waals surface area contributed by atoms with E-state index in [4.69, 9.17) is 19.3 Å². The molecule has 0 amide bonds. The second-order valence-electron chi connectivity index (χ2n) is 5.26. The molecule has 0 bridgehead atoms. The summed E-state index contributed by atoms with van der Waals surface area (Å²) >= 11 is 1.62. The molecule has 0 aliphatic heterocycles. The van der Waals surface area contributed by atoms with Crippen LogP contribution in [0.3, 0.4) is 0 Å². The minimum atomic E-state index is 0.236. The molecule has 1 heterocycles. The fourth-order valence-corrected chi connectivity index (χ4v) is 2.83. The van der Waals surface area contributed by atoms with Crippen molar-refractivity contribution < 1.29 is 14.2 Å². The first kappa shape index (κ1) is 17.4. The number of hydrogen-bond donors (Lipinski definition) is 0. The third-order valence-electron chi connectivity index (χ3n) is 3.71. The summed E-state index contributed by atoms with van der Waals surface area (Å²) in [7, 11) is 3.26. The van der Waals surface area contributed by atoms with Crippen molar-refractivity contribution >= 4 is 11.8 Å². The normalized spacial score (nSPS) is 10.7. The van der Waals surface area contributed by atoms with Gasteiger partial charge in [-0.25, -0.2) is 4.68 Å². The van der Waals surface area contributed by atoms with Crippen molar-refractivity contribution in [2.45, 2.75) is 5.03 Å². The first-order valence-electron chi connectivity index (χ1n) is 7.76. The Labute approximate surface area is 151 Å². The Morgan fingerprint density at radius 1 is 0.960 bits per heavy atom. The van der Waals surface area contributed by atoms with Crippen LogP contribution in [-0.4, -0.2) is 37.0 Å². The van der Waals surface area contributed by atoms with Crippen molar-refractivity contribution in [1.82, 2.24) is 9.78 Å². The molecule has 1 aromatic heterocycles. The van der Waals surface area contributed by atoms with Gasteiger partial charge in [0.05, 0.1) is 18.5 Å². The Morgan fingerprint density at radius 2 is 1.64 bits per heavy atom. The molecule has 0 saturated carbocycles. The van der Waals surface area contributed by atoms with E-state index in [-0.39, 0.29) is 6.79 Å². The molecule has 130 valence electrons. The van der Waals surface area contributed by atoms with Crippen molar-refractivity contribution in [3.8, 4) is 28.4 Å². The molecule has 0 atom stereocenters. The van der Waals surface area contributed by atoms with E-state index in [1.54, 1.807) is 26.0 Å². The molecular formula is C19H20N2O3S. The first-order valence-corrected chi connectivity index (χ1v) is 8.98. The Balaban J connectivity index is 1.96. The van der Waals surface area contributed by atoms with Gasteiger partial charge in [-0.3, -0.25) is 0 Å². The van der Waals surface area contributed by atoms with Gasteiger partial charge in [0.25, 0.3) is 0 Å². The highest BCUT2D eigenvalue weighted by molar-refractivity contribution is 7.98. The number of thioether (sulfide) groups is 1. The van der Waals surface area contributed by atoms with Gasteiger partial charge in [0.1, 0.15) is 16.5 Å². The number of methoxy groups -OCH3 is 2. The molecule has 0 unspecified atom stereocenters. The molecule has 25 heavy (non-hydrogen) atoms. The summed E-state index contributed by atoms with van der Waals surface area (Å²) in [6.07, 6.45) is 2.02. The molecule has 6 heteroatoms. The van der Waals surface area contributed by atoms with Crippen LogP contribution in [0.2, 0.25) is 0 Å². The number of hydrogen-bond acceptors (Lipinski definition) is 5. The molecular weight excluding hydrogens is 336 g/mol. The van der Waals surface area contributed by atoms with Crippen molar-refractivity contribution in [2.75, 3.05) is 27.3 Å². The van der Waals surface area contributed by atoms with Gasteiger partial charge in [-0.15, -0.1) is 11.8 Å². The van der Waals surface area contributed by atoms with Gasteiger partial charge < -0.3 is 14.2 Å². The molecule has 3 rings (SSSR count). The van der Waals surface area contributed by atoms with Crippen LogP contribution >= 0.6 is 11.8 Å². The van der Waals surface area contributed by atoms with Gasteiger partial charge in [-0.05, 0) is 60.9 Å². The molecule has 0 aliphatic rings. The SMILES string of the molecule is COCOc1ccc(-c2cc(SC)nn2-c2ccc(OC)cc2)cc1. The predicted molar refractivity (Wildman–Crippen MR) is 99.8 cm³/mol. The Hall–Kier alpha value is -2.44. The minimum absolute atomic E-state index is 0.236. The smallest absolute Gasteiger partial charge is 0.188 e. The van der Waals surface area contributed by atoms with Crippen LogP contribution in [0.4, 0.5) is 0 Å². The Bertz CT molecular complexity index is 814. The largest absolute Gasteiger partial charge is 0.497 e. The third-order valence-corrected chi connectivity index (χ3v) is 4.32. The van der Waals surface area contributed by atoms with E-state index in [0.717, 1.165) is 33.5 Å². The molecule has 5 nitrogen and oxygen atoms in total. The summed E-state index contributed by atoms with van der Waals surface area (Å²) < 4.78 is 17.5. The fourth-order valence-electron chi connectivity index (χ4n) is 2.43. The van der Waals surface area contributed by atoms with Crippen molar-refractivity contribution in [2.24, 2.45) is 0 Å². The predicted octanol–water partition coefficient (Wildman–Crippen LogP) is 4.25. The highest BCUT2D eigenvalue weighted by Gasteiger charge is 2.12. The van der Waals surface area contributed by atoms with Crippen LogP contribution in [-0.2, 0) is 4.74 Å². The van der Waals surface area contributed by atoms with Crippen molar-refractivity contribution in [3.05, 3.63) is 54.6 Å². The molecule has 0 N–H and O–H groups in total. The topological polar surface area (TPSA) is 45.5 Å². The van der Waals surface area contributed by atoms with Gasteiger partial charge in [-0.1, -0.05) is 0 Å². The van der Waals surface area contributed by atoms with E-state index in [9.17, 15) is 0 Å². The number of nitrogens with zero attached hydrogens (tertiary/aromatic N) is 2. The summed E-state index contributed by atoms with van der Waals surface area (Å²) in [6.45, 7) is 0.236. The fraction of sp³-hybridized carbons (Fsp3) is 0.211. The zero-order valence-corrected chi connectivity index (χ0v) is 15.2. The highest BCUT2D eigenvalue weighted by Crippen LogP contribution is 2.29. The average molecular weight is 356 g/mol. The quantitative estimate of drug-likeness (QED) is 0.468. The summed E-state index contributed by atoms with van der Waals surface area (Å²) in [4.78, 5) is 0. The number of aromatic nitrogens is 2. The number of rotatable bonds is 7. The number of ether oxygens (including phenoxy) is 3. The van der Waals surface area contributed by atoms with Crippen molar-refractivity contribution in [1.29, 1.82) is 0 Å². The summed E-state index contributed by atoms with van der Waals surface area (Å²) in [6, 6.07) is 17.8. The summed E-state index contributed by atoms with van der Waals surface area (Å²) in [5.41, 5.74) is 3.07. The minimum Gasteiger partial charge on any atom is -0.497 e. The van der Waals surface area contributed by atoms with Gasteiger partial charge >= 0.3 is 0 Å². The molecule has 0 aliphatic carbocycles. The third kappa shape index (κ3) is 3.97. The molecule has 0 radical (unpaired) electrons. The molecule has 3 aromatic rings. The molecule has 0 saturated heterocycles. The zero-order chi connectivity index (χ0) is 17.6. The van der Waals surface area contributed by atoms with Gasteiger partial charge in [0.2, 0.25) is 0 Å². The highest BCUT2D eigenvalue weighted by atomic mass is 32.2. The van der Waals surface area contributed by atoms with E-state index < -0.39 is 0 Å². The van der Waals surface area contributed by atoms with E-state index in [0.29, 0.717) is 0 Å². The van der Waals surface area contributed by atoms with Crippen LogP contribution in [0.1, 0.15) is 0 Å². The van der Waals surface area contributed by atoms with Crippen LogP contribution in [0.5, 0.6) is 11.5 Å². The maximum Gasteiger partial charge on any atom is 0.188 e. The standard InChI is InChI=1S/C19H20N2O3S/c1-22-13-24-17-8-4-14(5-9-17)18-12-19(25-3)20-21(18)15-6-10-16(23-2)11-7-15/h4-12H,13H2,1-3H3. The first-order chi connectivity index (χ1) is 12.2. The van der Waals surface area contributed by atoms with Crippen LogP contribution in [0, 0.1) is 0 Å².